The van der Waals surface area contributed by atoms with E-state index < -0.39 is 5.82 Å². The molecule has 0 aliphatic heterocycles. The van der Waals surface area contributed by atoms with Crippen molar-refractivity contribution in [2.24, 2.45) is 0 Å². The van der Waals surface area contributed by atoms with Gasteiger partial charge in [0.2, 0.25) is 5.78 Å². The molecule has 1 heterocycles. The van der Waals surface area contributed by atoms with Crippen LogP contribution in [0.1, 0.15) is 9.67 Å². The van der Waals surface area contributed by atoms with Gasteiger partial charge in [0.1, 0.15) is 0 Å². The van der Waals surface area contributed by atoms with Gasteiger partial charge in [-0.1, -0.05) is 15.9 Å². The first kappa shape index (κ1) is 13.7. The average Bonchev–Trinajstić information content (AvgIpc) is 2.76. The molecule has 0 N–H and O–H groups in total. The molecule has 2 aromatic rings. The predicted octanol–water partition coefficient (Wildman–Crippen LogP) is 4.67. The molecule has 0 saturated heterocycles. The van der Waals surface area contributed by atoms with E-state index in [1.54, 1.807) is 17.5 Å². The highest BCUT2D eigenvalue weighted by molar-refractivity contribution is 9.10. The van der Waals surface area contributed by atoms with E-state index in [0.717, 1.165) is 4.47 Å². The Morgan fingerprint density at radius 1 is 1.33 bits per heavy atom. The van der Waals surface area contributed by atoms with E-state index >= 15 is 0 Å². The van der Waals surface area contributed by atoms with Crippen molar-refractivity contribution in [3.05, 3.63) is 49.3 Å². The Morgan fingerprint density at radius 2 is 2.11 bits per heavy atom. The third-order valence-corrected chi connectivity index (χ3v) is 4.49. The molecule has 18 heavy (non-hydrogen) atoms. The Balaban J connectivity index is 2.06. The van der Waals surface area contributed by atoms with Crippen molar-refractivity contribution in [2.75, 3.05) is 6.61 Å². The van der Waals surface area contributed by atoms with Crippen LogP contribution in [-0.2, 0) is 0 Å². The summed E-state index contributed by atoms with van der Waals surface area (Å²) in [6.45, 7) is -0.188. The predicted molar refractivity (Wildman–Crippen MR) is 75.9 cm³/mol. The lowest BCUT2D eigenvalue weighted by Gasteiger charge is -2.06. The van der Waals surface area contributed by atoms with Gasteiger partial charge in [-0.2, -0.15) is 0 Å². The molecular formula is C12H7Br2FO2S. The van der Waals surface area contributed by atoms with Crippen molar-refractivity contribution in [1.82, 2.24) is 0 Å². The van der Waals surface area contributed by atoms with Crippen LogP contribution in [0, 0.1) is 5.82 Å². The Morgan fingerprint density at radius 3 is 2.78 bits per heavy atom. The number of hydrogen-bond acceptors (Lipinski definition) is 3. The van der Waals surface area contributed by atoms with Crippen LogP contribution < -0.4 is 4.74 Å². The SMILES string of the molecule is O=C(COc1cc(Br)ccc1F)c1sccc1Br. The first-order valence-corrected chi connectivity index (χ1v) is 7.38. The molecule has 0 fully saturated rings. The van der Waals surface area contributed by atoms with Crippen LogP contribution in [-0.4, -0.2) is 12.4 Å². The van der Waals surface area contributed by atoms with Gasteiger partial charge in [0.25, 0.3) is 0 Å². The second kappa shape index (κ2) is 5.95. The summed E-state index contributed by atoms with van der Waals surface area (Å²) in [6, 6.07) is 6.13. The first-order chi connectivity index (χ1) is 8.58. The molecule has 0 spiro atoms. The maximum atomic E-state index is 13.4. The molecule has 1 aromatic carbocycles. The molecule has 0 amide bonds. The number of rotatable bonds is 4. The van der Waals surface area contributed by atoms with Crippen LogP contribution in [0.4, 0.5) is 4.39 Å². The Hall–Kier alpha value is -0.720. The quantitative estimate of drug-likeness (QED) is 0.705. The highest BCUT2D eigenvalue weighted by Gasteiger charge is 2.13. The number of benzene rings is 1. The minimum atomic E-state index is -0.490. The van der Waals surface area contributed by atoms with Gasteiger partial charge in [0.05, 0.1) is 4.88 Å². The van der Waals surface area contributed by atoms with Crippen LogP contribution in [0.25, 0.3) is 0 Å². The van der Waals surface area contributed by atoms with Gasteiger partial charge in [-0.05, 0) is 45.6 Å². The number of ether oxygens (including phenoxy) is 1. The smallest absolute Gasteiger partial charge is 0.211 e. The van der Waals surface area contributed by atoms with Gasteiger partial charge in [0.15, 0.2) is 18.2 Å². The highest BCUT2D eigenvalue weighted by atomic mass is 79.9. The molecular weight excluding hydrogens is 387 g/mol. The first-order valence-electron chi connectivity index (χ1n) is 4.92. The van der Waals surface area contributed by atoms with Gasteiger partial charge >= 0.3 is 0 Å². The molecule has 0 atom stereocenters. The molecule has 0 aliphatic rings. The zero-order chi connectivity index (χ0) is 13.1. The van der Waals surface area contributed by atoms with Crippen LogP contribution in [0.5, 0.6) is 5.75 Å². The number of hydrogen-bond donors (Lipinski definition) is 0. The topological polar surface area (TPSA) is 26.3 Å². The van der Waals surface area contributed by atoms with Crippen LogP contribution in [0.15, 0.2) is 38.6 Å². The molecule has 2 rings (SSSR count). The summed E-state index contributed by atoms with van der Waals surface area (Å²) in [6.07, 6.45) is 0. The van der Waals surface area contributed by atoms with Crippen LogP contribution >= 0.6 is 43.2 Å². The third-order valence-electron chi connectivity index (χ3n) is 2.12. The van der Waals surface area contributed by atoms with Crippen molar-refractivity contribution in [3.63, 3.8) is 0 Å². The van der Waals surface area contributed by atoms with Crippen molar-refractivity contribution < 1.29 is 13.9 Å². The van der Waals surface area contributed by atoms with Crippen LogP contribution in [0.2, 0.25) is 0 Å². The van der Waals surface area contributed by atoms with Crippen molar-refractivity contribution in [2.45, 2.75) is 0 Å². The van der Waals surface area contributed by atoms with Gasteiger partial charge in [-0.15, -0.1) is 11.3 Å². The van der Waals surface area contributed by atoms with E-state index in [1.165, 1.54) is 23.5 Å². The van der Waals surface area contributed by atoms with E-state index in [2.05, 4.69) is 31.9 Å². The summed E-state index contributed by atoms with van der Waals surface area (Å²) >= 11 is 7.81. The zero-order valence-corrected chi connectivity index (χ0v) is 12.9. The molecule has 0 saturated carbocycles. The fourth-order valence-corrected chi connectivity index (χ4v) is 3.15. The van der Waals surface area contributed by atoms with Crippen molar-refractivity contribution in [1.29, 1.82) is 0 Å². The molecule has 6 heteroatoms. The lowest BCUT2D eigenvalue weighted by atomic mass is 10.3. The van der Waals surface area contributed by atoms with Crippen LogP contribution in [0.3, 0.4) is 0 Å². The summed E-state index contributed by atoms with van der Waals surface area (Å²) < 4.78 is 20.0. The average molecular weight is 394 g/mol. The summed E-state index contributed by atoms with van der Waals surface area (Å²) in [5, 5.41) is 1.80. The molecule has 2 nitrogen and oxygen atoms in total. The summed E-state index contributed by atoms with van der Waals surface area (Å²) in [5.41, 5.74) is 0. The molecule has 0 radical (unpaired) electrons. The van der Waals surface area contributed by atoms with Crippen molar-refractivity contribution in [3.8, 4) is 5.75 Å². The van der Waals surface area contributed by atoms with Gasteiger partial charge in [-0.25, -0.2) is 4.39 Å². The largest absolute Gasteiger partial charge is 0.482 e. The summed E-state index contributed by atoms with van der Waals surface area (Å²) in [4.78, 5) is 12.4. The van der Waals surface area contributed by atoms with E-state index in [4.69, 9.17) is 4.74 Å². The second-order valence-corrected chi connectivity index (χ2v) is 6.07. The van der Waals surface area contributed by atoms with E-state index in [-0.39, 0.29) is 18.1 Å². The molecule has 0 bridgehead atoms. The van der Waals surface area contributed by atoms with Gasteiger partial charge in [-0.3, -0.25) is 4.79 Å². The van der Waals surface area contributed by atoms with E-state index in [9.17, 15) is 9.18 Å². The Bertz CT molecular complexity index is 583. The fraction of sp³-hybridized carbons (Fsp3) is 0.0833. The minimum absolute atomic E-state index is 0.0606. The minimum Gasteiger partial charge on any atom is -0.482 e. The monoisotopic (exact) mass is 392 g/mol. The third kappa shape index (κ3) is 3.18. The fourth-order valence-electron chi connectivity index (χ4n) is 1.29. The summed E-state index contributed by atoms with van der Waals surface area (Å²) in [7, 11) is 0. The number of carbonyl (C=O) groups excluding carboxylic acids is 1. The molecule has 0 aliphatic carbocycles. The standard InChI is InChI=1S/C12H7Br2FO2S/c13-7-1-2-9(15)11(5-7)17-6-10(16)12-8(14)3-4-18-12/h1-5H,6H2. The molecule has 0 unspecified atom stereocenters. The van der Waals surface area contributed by atoms with E-state index in [1.807, 2.05) is 0 Å². The van der Waals surface area contributed by atoms with E-state index in [0.29, 0.717) is 9.35 Å². The van der Waals surface area contributed by atoms with Gasteiger partial charge < -0.3 is 4.74 Å². The highest BCUT2D eigenvalue weighted by Crippen LogP contribution is 2.25. The lowest BCUT2D eigenvalue weighted by molar-refractivity contribution is 0.0922. The Labute approximate surface area is 124 Å². The zero-order valence-electron chi connectivity index (χ0n) is 8.95. The number of ketones is 1. The molecule has 1 aromatic heterocycles. The lowest BCUT2D eigenvalue weighted by Crippen LogP contribution is -2.11. The number of halogens is 3. The normalized spacial score (nSPS) is 10.4. The number of thiophene rings is 1. The maximum Gasteiger partial charge on any atom is 0.211 e. The Kier molecular flexibility index (Phi) is 4.53. The molecule has 94 valence electrons. The summed E-state index contributed by atoms with van der Waals surface area (Å²) in [5.74, 6) is -0.613. The second-order valence-electron chi connectivity index (χ2n) is 3.38. The maximum absolute atomic E-state index is 13.4. The van der Waals surface area contributed by atoms with Crippen molar-refractivity contribution >= 4 is 49.0 Å². The van der Waals surface area contributed by atoms with Gasteiger partial charge in [0, 0.05) is 8.95 Å². The number of Topliss-reactive ketones (excluding diaryl/α,β-unsaturated/α-hetero) is 1. The number of carbonyl (C=O) groups is 1.